The summed E-state index contributed by atoms with van der Waals surface area (Å²) in [6.45, 7) is 0. The summed E-state index contributed by atoms with van der Waals surface area (Å²) in [6, 6.07) is 20.4. The monoisotopic (exact) mass is 343 g/mol. The highest BCUT2D eigenvalue weighted by Crippen LogP contribution is 2.24. The number of ether oxygens (including phenoxy) is 1. The Morgan fingerprint density at radius 1 is 0.750 bits per heavy atom. The van der Waals surface area contributed by atoms with E-state index in [9.17, 15) is 12.8 Å². The Labute approximate surface area is 139 Å². The molecule has 3 aromatic rings. The smallest absolute Gasteiger partial charge is 0.261 e. The number of sulfonamides is 1. The second-order valence-corrected chi connectivity index (χ2v) is 6.68. The van der Waals surface area contributed by atoms with Crippen LogP contribution in [0.5, 0.6) is 11.5 Å². The van der Waals surface area contributed by atoms with Crippen molar-refractivity contribution < 1.29 is 17.5 Å². The average molecular weight is 343 g/mol. The Morgan fingerprint density at radius 2 is 1.33 bits per heavy atom. The number of anilines is 1. The van der Waals surface area contributed by atoms with E-state index in [1.54, 1.807) is 24.3 Å². The van der Waals surface area contributed by atoms with Crippen LogP contribution in [0.3, 0.4) is 0 Å². The summed E-state index contributed by atoms with van der Waals surface area (Å²) in [6.07, 6.45) is 0. The molecule has 0 aliphatic rings. The molecule has 0 fully saturated rings. The molecular formula is C18H14FNO3S. The number of benzene rings is 3. The third kappa shape index (κ3) is 3.91. The maximum Gasteiger partial charge on any atom is 0.261 e. The van der Waals surface area contributed by atoms with Gasteiger partial charge in [0.1, 0.15) is 17.3 Å². The van der Waals surface area contributed by atoms with Gasteiger partial charge in [0.25, 0.3) is 10.0 Å². The van der Waals surface area contributed by atoms with Crippen molar-refractivity contribution >= 4 is 15.7 Å². The van der Waals surface area contributed by atoms with Crippen molar-refractivity contribution in [2.24, 2.45) is 0 Å². The Morgan fingerprint density at radius 3 is 1.96 bits per heavy atom. The van der Waals surface area contributed by atoms with Gasteiger partial charge < -0.3 is 4.74 Å². The zero-order valence-corrected chi connectivity index (χ0v) is 13.3. The fraction of sp³-hybridized carbons (Fsp3) is 0. The molecule has 24 heavy (non-hydrogen) atoms. The summed E-state index contributed by atoms with van der Waals surface area (Å²) in [5, 5.41) is 0. The van der Waals surface area contributed by atoms with E-state index in [4.69, 9.17) is 4.74 Å². The molecule has 1 N–H and O–H groups in total. The van der Waals surface area contributed by atoms with Gasteiger partial charge in [-0.25, -0.2) is 12.8 Å². The van der Waals surface area contributed by atoms with Gasteiger partial charge in [0.15, 0.2) is 0 Å². The lowest BCUT2D eigenvalue weighted by atomic mass is 10.3. The van der Waals surface area contributed by atoms with E-state index in [-0.39, 0.29) is 4.90 Å². The number of halogens is 1. The Kier molecular flexibility index (Phi) is 4.48. The number of para-hydroxylation sites is 1. The molecule has 0 aromatic heterocycles. The number of nitrogens with one attached hydrogen (secondary N) is 1. The maximum absolute atomic E-state index is 12.9. The van der Waals surface area contributed by atoms with Gasteiger partial charge in [-0.05, 0) is 60.7 Å². The van der Waals surface area contributed by atoms with Crippen LogP contribution in [0, 0.1) is 5.82 Å². The molecule has 0 saturated carbocycles. The predicted molar refractivity (Wildman–Crippen MR) is 90.2 cm³/mol. The molecule has 0 aliphatic carbocycles. The van der Waals surface area contributed by atoms with Crippen molar-refractivity contribution in [2.75, 3.05) is 4.72 Å². The van der Waals surface area contributed by atoms with Gasteiger partial charge in [-0.15, -0.1) is 0 Å². The van der Waals surface area contributed by atoms with Gasteiger partial charge >= 0.3 is 0 Å². The highest BCUT2D eigenvalue weighted by molar-refractivity contribution is 7.92. The van der Waals surface area contributed by atoms with Gasteiger partial charge in [0.2, 0.25) is 0 Å². The van der Waals surface area contributed by atoms with E-state index >= 15 is 0 Å². The van der Waals surface area contributed by atoms with E-state index in [1.165, 1.54) is 12.1 Å². The standard InChI is InChI=1S/C18H14FNO3S/c19-14-6-12-18(13-7-14)24(21,22)20-15-8-10-17(11-9-15)23-16-4-2-1-3-5-16/h1-13,20H. The quantitative estimate of drug-likeness (QED) is 0.746. The molecule has 3 aromatic carbocycles. The van der Waals surface area contributed by atoms with Gasteiger partial charge in [0, 0.05) is 5.69 Å². The first-order chi connectivity index (χ1) is 11.5. The van der Waals surface area contributed by atoms with Crippen LogP contribution in [0.15, 0.2) is 83.8 Å². The van der Waals surface area contributed by atoms with Crippen molar-refractivity contribution in [3.05, 3.63) is 84.7 Å². The summed E-state index contributed by atoms with van der Waals surface area (Å²) < 4.78 is 45.4. The third-order valence-electron chi connectivity index (χ3n) is 3.21. The lowest BCUT2D eigenvalue weighted by Gasteiger charge is -2.09. The summed E-state index contributed by atoms with van der Waals surface area (Å²) in [5.74, 6) is 0.791. The van der Waals surface area contributed by atoms with Crippen LogP contribution in [0.4, 0.5) is 10.1 Å². The lowest BCUT2D eigenvalue weighted by Crippen LogP contribution is -2.12. The minimum Gasteiger partial charge on any atom is -0.457 e. The third-order valence-corrected chi connectivity index (χ3v) is 4.61. The summed E-state index contributed by atoms with van der Waals surface area (Å²) in [5.41, 5.74) is 0.389. The van der Waals surface area contributed by atoms with Crippen molar-refractivity contribution in [3.8, 4) is 11.5 Å². The fourth-order valence-electron chi connectivity index (χ4n) is 2.04. The Balaban J connectivity index is 1.73. The summed E-state index contributed by atoms with van der Waals surface area (Å²) in [4.78, 5) is -0.00601. The van der Waals surface area contributed by atoms with Crippen LogP contribution in [0.2, 0.25) is 0 Å². The number of hydrogen-bond acceptors (Lipinski definition) is 3. The number of rotatable bonds is 5. The van der Waals surface area contributed by atoms with Crippen LogP contribution in [-0.4, -0.2) is 8.42 Å². The van der Waals surface area contributed by atoms with Crippen LogP contribution >= 0.6 is 0 Å². The second-order valence-electron chi connectivity index (χ2n) is 5.00. The molecule has 0 unspecified atom stereocenters. The van der Waals surface area contributed by atoms with Gasteiger partial charge in [-0.2, -0.15) is 0 Å². The first-order valence-corrected chi connectivity index (χ1v) is 8.63. The average Bonchev–Trinajstić information content (AvgIpc) is 2.58. The minimum atomic E-state index is -3.76. The molecule has 0 amide bonds. The van der Waals surface area contributed by atoms with Crippen molar-refractivity contribution in [2.45, 2.75) is 4.90 Å². The molecule has 0 aliphatic heterocycles. The lowest BCUT2D eigenvalue weighted by molar-refractivity contribution is 0.483. The summed E-state index contributed by atoms with van der Waals surface area (Å²) in [7, 11) is -3.76. The molecule has 0 bridgehead atoms. The highest BCUT2D eigenvalue weighted by Gasteiger charge is 2.14. The van der Waals surface area contributed by atoms with Crippen molar-refractivity contribution in [3.63, 3.8) is 0 Å². The van der Waals surface area contributed by atoms with Crippen molar-refractivity contribution in [1.82, 2.24) is 0 Å². The normalized spacial score (nSPS) is 11.0. The Hall–Kier alpha value is -2.86. The first kappa shape index (κ1) is 16.0. The molecule has 0 radical (unpaired) electrons. The van der Waals surface area contributed by atoms with E-state index in [1.807, 2.05) is 30.3 Å². The van der Waals surface area contributed by atoms with E-state index in [2.05, 4.69) is 4.72 Å². The molecule has 4 nitrogen and oxygen atoms in total. The molecule has 0 heterocycles. The topological polar surface area (TPSA) is 55.4 Å². The van der Waals surface area contributed by atoms with Crippen LogP contribution in [-0.2, 0) is 10.0 Å². The largest absolute Gasteiger partial charge is 0.457 e. The molecule has 6 heteroatoms. The van der Waals surface area contributed by atoms with Crippen molar-refractivity contribution in [1.29, 1.82) is 0 Å². The predicted octanol–water partition coefficient (Wildman–Crippen LogP) is 4.42. The maximum atomic E-state index is 12.9. The van der Waals surface area contributed by atoms with Crippen LogP contribution in [0.1, 0.15) is 0 Å². The minimum absolute atomic E-state index is 0.00601. The first-order valence-electron chi connectivity index (χ1n) is 7.14. The molecule has 3 rings (SSSR count). The van der Waals surface area contributed by atoms with Crippen LogP contribution in [0.25, 0.3) is 0 Å². The van der Waals surface area contributed by atoms with Gasteiger partial charge in [-0.3, -0.25) is 4.72 Å². The summed E-state index contributed by atoms with van der Waals surface area (Å²) >= 11 is 0. The molecule has 122 valence electrons. The van der Waals surface area contributed by atoms with Crippen LogP contribution < -0.4 is 9.46 Å². The fourth-order valence-corrected chi connectivity index (χ4v) is 3.10. The highest BCUT2D eigenvalue weighted by atomic mass is 32.2. The SMILES string of the molecule is O=S(=O)(Nc1ccc(Oc2ccccc2)cc1)c1ccc(F)cc1. The van der Waals surface area contributed by atoms with Gasteiger partial charge in [0.05, 0.1) is 4.90 Å². The Bertz CT molecular complexity index is 909. The molecular weight excluding hydrogens is 329 g/mol. The van der Waals surface area contributed by atoms with E-state index in [0.717, 1.165) is 12.1 Å². The second kappa shape index (κ2) is 6.72. The van der Waals surface area contributed by atoms with E-state index < -0.39 is 15.8 Å². The zero-order chi connectivity index (χ0) is 17.0. The van der Waals surface area contributed by atoms with E-state index in [0.29, 0.717) is 17.2 Å². The number of hydrogen-bond donors (Lipinski definition) is 1. The molecule has 0 spiro atoms. The molecule has 0 saturated heterocycles. The van der Waals surface area contributed by atoms with Gasteiger partial charge in [-0.1, -0.05) is 18.2 Å². The zero-order valence-electron chi connectivity index (χ0n) is 12.5. The molecule has 0 atom stereocenters.